The van der Waals surface area contributed by atoms with Crippen LogP contribution in [0.4, 0.5) is 0 Å². The van der Waals surface area contributed by atoms with Gasteiger partial charge in [0.1, 0.15) is 22.6 Å². The number of para-hydroxylation sites is 6. The molecule has 7 aromatic carbocycles. The van der Waals surface area contributed by atoms with Gasteiger partial charge in [-0.15, -0.1) is 0 Å². The van der Waals surface area contributed by atoms with Crippen LogP contribution in [0.5, 0.6) is 0 Å². The Kier molecular flexibility index (Phi) is 10.9. The summed E-state index contributed by atoms with van der Waals surface area (Å²) < 4.78 is 17.5. The molecule has 6 heterocycles. The first-order valence-corrected chi connectivity index (χ1v) is 30.8. The number of pyridine rings is 1. The first kappa shape index (κ1) is 46.5. The van der Waals surface area contributed by atoms with E-state index < -0.39 is 8.07 Å². The molecule has 2 aliphatic rings. The first-order chi connectivity index (χ1) is 35.8. The van der Waals surface area contributed by atoms with Crippen molar-refractivity contribution in [3.63, 3.8) is 0 Å². The number of nitrogens with zero attached hydrogens (tertiary/aromatic N) is 4. The van der Waals surface area contributed by atoms with Crippen LogP contribution in [-0.2, 0) is 12.8 Å². The smallest absolute Gasteiger partial charge is 0.300 e. The van der Waals surface area contributed by atoms with Gasteiger partial charge in [0.25, 0.3) is 5.82 Å². The molecule has 74 heavy (non-hydrogen) atoms. The maximum Gasteiger partial charge on any atom is 0.300 e. The van der Waals surface area contributed by atoms with Gasteiger partial charge in [-0.3, -0.25) is 0 Å². The lowest BCUT2D eigenvalue weighted by molar-refractivity contribution is -0.719. The van der Waals surface area contributed by atoms with Crippen LogP contribution in [0.2, 0.25) is 19.6 Å². The summed E-state index contributed by atoms with van der Waals surface area (Å²) in [4.78, 5) is 0. The Morgan fingerprint density at radius 1 is 0.662 bits per heavy atom. The van der Waals surface area contributed by atoms with Gasteiger partial charge in [-0.1, -0.05) is 165 Å². The second-order valence-electron chi connectivity index (χ2n) is 23.6. The molecule has 0 saturated heterocycles. The van der Waals surface area contributed by atoms with Crippen LogP contribution in [0.15, 0.2) is 169 Å². The van der Waals surface area contributed by atoms with E-state index >= 15 is 0 Å². The quantitative estimate of drug-likeness (QED) is 0.116. The molecule has 0 N–H and O–H groups in total. The van der Waals surface area contributed by atoms with Crippen molar-refractivity contribution >= 4 is 73.7 Å². The van der Waals surface area contributed by atoms with E-state index in [4.69, 9.17) is 11.0 Å². The Balaban J connectivity index is 1.16. The fourth-order valence-electron chi connectivity index (χ4n) is 13.4. The van der Waals surface area contributed by atoms with Crippen molar-refractivity contribution in [2.24, 2.45) is 5.92 Å². The van der Waals surface area contributed by atoms with Gasteiger partial charge in [0.05, 0.1) is 36.7 Å². The second-order valence-corrected chi connectivity index (χ2v) is 28.7. The molecule has 0 saturated carbocycles. The second kappa shape index (κ2) is 17.4. The maximum atomic E-state index is 7.08. The SMILES string of the molecule is C=C1CC2C(CCc3cc4c(cc3-c3n(-c5c(C(C)C)cccc5C(C)C)c5ccccc5[n+]31)c1ccccc1n4-c1ccccc1)c1ccc3c(oc4ccccc43)c1-c1cc(CC(C)C)c([Si](C)(C)C)c[n+]12. The van der Waals surface area contributed by atoms with Crippen LogP contribution in [-0.4, -0.2) is 17.2 Å². The molecule has 0 amide bonds. The van der Waals surface area contributed by atoms with Crippen molar-refractivity contribution in [2.45, 2.75) is 111 Å². The van der Waals surface area contributed by atoms with E-state index in [1.54, 1.807) is 5.19 Å². The summed E-state index contributed by atoms with van der Waals surface area (Å²) in [6.07, 6.45) is 6.26. The Labute approximate surface area is 437 Å². The van der Waals surface area contributed by atoms with Crippen molar-refractivity contribution < 1.29 is 13.6 Å². The fraction of sp³-hybridized carbons (Fsp3) is 0.265. The maximum absolute atomic E-state index is 7.08. The minimum absolute atomic E-state index is 0.0905. The van der Waals surface area contributed by atoms with Crippen LogP contribution in [0, 0.1) is 5.92 Å². The Morgan fingerprint density at radius 2 is 1.35 bits per heavy atom. The highest BCUT2D eigenvalue weighted by Gasteiger charge is 2.46. The van der Waals surface area contributed by atoms with Gasteiger partial charge in [0, 0.05) is 55.5 Å². The topological polar surface area (TPSA) is 30.8 Å². The number of benzene rings is 7. The van der Waals surface area contributed by atoms with Crippen LogP contribution in [0.25, 0.3) is 94.5 Å². The molecule has 2 atom stereocenters. The van der Waals surface area contributed by atoms with E-state index in [1.165, 1.54) is 105 Å². The van der Waals surface area contributed by atoms with Gasteiger partial charge in [0.15, 0.2) is 23.3 Å². The van der Waals surface area contributed by atoms with Gasteiger partial charge in [0.2, 0.25) is 5.69 Å². The average molecular weight is 985 g/mol. The van der Waals surface area contributed by atoms with E-state index in [0.717, 1.165) is 42.5 Å². The number of aromatic nitrogens is 4. The van der Waals surface area contributed by atoms with Crippen LogP contribution >= 0.6 is 0 Å². The van der Waals surface area contributed by atoms with E-state index in [0.29, 0.717) is 17.8 Å². The highest BCUT2D eigenvalue weighted by molar-refractivity contribution is 6.89. The molecule has 6 heteroatoms. The number of rotatable bonds is 7. The first-order valence-electron chi connectivity index (χ1n) is 27.3. The average Bonchev–Trinajstić information content (AvgIpc) is 4.09. The normalized spacial score (nSPS) is 15.9. The zero-order chi connectivity index (χ0) is 50.9. The van der Waals surface area contributed by atoms with E-state index in [-0.39, 0.29) is 12.0 Å². The molecule has 0 bridgehead atoms. The summed E-state index contributed by atoms with van der Waals surface area (Å²) in [6.45, 7) is 27.0. The number of fused-ring (bicyclic) bond motifs is 18. The van der Waals surface area contributed by atoms with E-state index in [2.05, 4.69) is 237 Å². The fourth-order valence-corrected chi connectivity index (χ4v) is 15.1. The molecule has 0 radical (unpaired) electrons. The van der Waals surface area contributed by atoms with E-state index in [1.807, 2.05) is 0 Å². The molecular weight excluding hydrogens is 917 g/mol. The number of allylic oxidation sites excluding steroid dienone is 1. The molecule has 2 aliphatic heterocycles. The number of hydrogen-bond donors (Lipinski definition) is 0. The standard InChI is InChI=1S/C68H68N4OSi/c1-41(2)35-46-38-62-65-53(33-34-54-52-24-15-19-30-63(52)73-67(54)65)51-32-31-45-37-61-56(50-23-14-16-27-57(50)71(61)47-21-12-11-13-22-47)39-55(45)68-70(44(7)36-60(51)69(62)40-64(46)74(8,9)10)58-28-17-18-29-59(58)72(68)66-48(42(3)4)25-20-26-49(66)43(5)6/h11-30,33-34,37-43,51,60H,7,31-32,35-36H2,1-6,8-10H3/q+2. The molecule has 368 valence electrons. The third-order valence-electron chi connectivity index (χ3n) is 16.7. The van der Waals surface area contributed by atoms with Crippen molar-refractivity contribution in [3.8, 4) is 34.0 Å². The molecule has 4 aromatic heterocycles. The number of hydrogen-bond acceptors (Lipinski definition) is 1. The summed E-state index contributed by atoms with van der Waals surface area (Å²) in [5, 5.41) is 6.42. The zero-order valence-corrected chi connectivity index (χ0v) is 45.6. The van der Waals surface area contributed by atoms with Gasteiger partial charge < -0.3 is 8.98 Å². The third kappa shape index (κ3) is 7.15. The van der Waals surface area contributed by atoms with Crippen molar-refractivity contribution in [1.82, 2.24) is 9.13 Å². The molecular formula is C68H68N4OSi+2. The highest BCUT2D eigenvalue weighted by atomic mass is 28.3. The number of imidazole rings is 1. The van der Waals surface area contributed by atoms with Crippen LogP contribution < -0.4 is 14.3 Å². The summed E-state index contributed by atoms with van der Waals surface area (Å²) in [7, 11) is -1.85. The largest absolute Gasteiger partial charge is 0.455 e. The van der Waals surface area contributed by atoms with Crippen molar-refractivity contribution in [1.29, 1.82) is 0 Å². The molecule has 11 aromatic rings. The van der Waals surface area contributed by atoms with Gasteiger partial charge in [-0.05, 0) is 102 Å². The molecule has 13 rings (SSSR count). The van der Waals surface area contributed by atoms with Gasteiger partial charge in [-0.25, -0.2) is 0 Å². The van der Waals surface area contributed by atoms with Crippen LogP contribution in [0.3, 0.4) is 0 Å². The van der Waals surface area contributed by atoms with Gasteiger partial charge >= 0.3 is 0 Å². The minimum Gasteiger partial charge on any atom is -0.455 e. The lowest BCUT2D eigenvalue weighted by atomic mass is 9.76. The molecule has 2 unspecified atom stereocenters. The van der Waals surface area contributed by atoms with Crippen LogP contribution in [0.1, 0.15) is 106 Å². The Morgan fingerprint density at radius 3 is 2.08 bits per heavy atom. The lowest BCUT2D eigenvalue weighted by Gasteiger charge is -2.33. The third-order valence-corrected chi connectivity index (χ3v) is 18.8. The molecule has 0 fully saturated rings. The van der Waals surface area contributed by atoms with Crippen molar-refractivity contribution in [3.05, 3.63) is 192 Å². The molecule has 5 nitrogen and oxygen atoms in total. The number of aryl methyl sites for hydroxylation is 1. The zero-order valence-electron chi connectivity index (χ0n) is 44.6. The Bertz CT molecular complexity index is 4050. The lowest BCUT2D eigenvalue weighted by Crippen LogP contribution is -2.54. The van der Waals surface area contributed by atoms with E-state index in [9.17, 15) is 0 Å². The predicted molar refractivity (Wildman–Crippen MR) is 312 cm³/mol. The summed E-state index contributed by atoms with van der Waals surface area (Å²) >= 11 is 0. The van der Waals surface area contributed by atoms with Crippen molar-refractivity contribution in [2.75, 3.05) is 0 Å². The summed E-state index contributed by atoms with van der Waals surface area (Å²) in [5.74, 6) is 2.47. The monoisotopic (exact) mass is 985 g/mol. The van der Waals surface area contributed by atoms with Gasteiger partial charge in [-0.2, -0.15) is 13.7 Å². The number of furan rings is 1. The minimum atomic E-state index is -1.85. The summed E-state index contributed by atoms with van der Waals surface area (Å²) in [6, 6.07) is 57.3. The highest BCUT2D eigenvalue weighted by Crippen LogP contribution is 2.50. The molecule has 0 aliphatic carbocycles. The Hall–Kier alpha value is -7.28. The summed E-state index contributed by atoms with van der Waals surface area (Å²) in [5.41, 5.74) is 21.0. The molecule has 0 spiro atoms. The predicted octanol–water partition coefficient (Wildman–Crippen LogP) is 16.7.